The van der Waals surface area contributed by atoms with Gasteiger partial charge in [0, 0.05) is 25.6 Å². The van der Waals surface area contributed by atoms with Crippen LogP contribution in [0.5, 0.6) is 0 Å². The highest BCUT2D eigenvalue weighted by Gasteiger charge is 2.20. The number of hydrogen-bond acceptors (Lipinski definition) is 2. The Morgan fingerprint density at radius 1 is 1.33 bits per heavy atom. The first-order chi connectivity index (χ1) is 6.96. The monoisotopic (exact) mass is 211 g/mol. The minimum Gasteiger partial charge on any atom is -0.396 e. The molecule has 1 aromatic rings. The van der Waals surface area contributed by atoms with Crippen molar-refractivity contribution in [2.45, 2.75) is 13.8 Å². The zero-order valence-electron chi connectivity index (χ0n) is 9.50. The Morgan fingerprint density at radius 2 is 1.93 bits per heavy atom. The summed E-state index contributed by atoms with van der Waals surface area (Å²) in [6.07, 6.45) is 0. The lowest BCUT2D eigenvalue weighted by Gasteiger charge is -2.30. The van der Waals surface area contributed by atoms with E-state index in [4.69, 9.17) is 5.11 Å². The fourth-order valence-electron chi connectivity index (χ4n) is 1.54. The summed E-state index contributed by atoms with van der Waals surface area (Å²) in [4.78, 5) is 1.82. The Balaban J connectivity index is 2.78. The van der Waals surface area contributed by atoms with Gasteiger partial charge in [0.25, 0.3) is 0 Å². The molecule has 1 aromatic carbocycles. The molecule has 0 aliphatic carbocycles. The molecule has 2 nitrogen and oxygen atoms in total. The lowest BCUT2D eigenvalue weighted by atomic mass is 9.94. The standard InChI is InChI=1S/C12H18FNO/c1-12(2,9-15)8-14(3)11-7-5-4-6-10(11)13/h4-7,15H,8-9H2,1-3H3. The van der Waals surface area contributed by atoms with Gasteiger partial charge in [-0.05, 0) is 12.1 Å². The topological polar surface area (TPSA) is 23.5 Å². The van der Waals surface area contributed by atoms with Gasteiger partial charge in [-0.1, -0.05) is 26.0 Å². The highest BCUT2D eigenvalue weighted by Crippen LogP contribution is 2.22. The molecule has 84 valence electrons. The summed E-state index contributed by atoms with van der Waals surface area (Å²) in [7, 11) is 1.83. The second kappa shape index (κ2) is 4.62. The van der Waals surface area contributed by atoms with Crippen molar-refractivity contribution in [1.29, 1.82) is 0 Å². The molecule has 0 saturated carbocycles. The number of anilines is 1. The third-order valence-electron chi connectivity index (χ3n) is 2.36. The normalized spacial score (nSPS) is 11.5. The molecule has 3 heteroatoms. The van der Waals surface area contributed by atoms with E-state index in [9.17, 15) is 4.39 Å². The Kier molecular flexibility index (Phi) is 3.69. The van der Waals surface area contributed by atoms with Gasteiger partial charge in [-0.2, -0.15) is 0 Å². The second-order valence-corrected chi connectivity index (χ2v) is 4.63. The second-order valence-electron chi connectivity index (χ2n) is 4.63. The number of para-hydroxylation sites is 1. The third-order valence-corrected chi connectivity index (χ3v) is 2.36. The van der Waals surface area contributed by atoms with Crippen LogP contribution in [-0.4, -0.2) is 25.3 Å². The molecule has 0 unspecified atom stereocenters. The summed E-state index contributed by atoms with van der Waals surface area (Å²) in [6.45, 7) is 4.60. The van der Waals surface area contributed by atoms with Gasteiger partial charge in [0.1, 0.15) is 5.82 Å². The third kappa shape index (κ3) is 3.20. The maximum atomic E-state index is 13.4. The summed E-state index contributed by atoms with van der Waals surface area (Å²) in [5.41, 5.74) is 0.343. The van der Waals surface area contributed by atoms with Crippen LogP contribution in [0.2, 0.25) is 0 Å². The Labute approximate surface area is 90.3 Å². The molecule has 0 amide bonds. The molecule has 0 bridgehead atoms. The van der Waals surface area contributed by atoms with Crippen LogP contribution < -0.4 is 4.90 Å². The largest absolute Gasteiger partial charge is 0.396 e. The van der Waals surface area contributed by atoms with Gasteiger partial charge >= 0.3 is 0 Å². The predicted octanol–water partition coefficient (Wildman–Crippen LogP) is 2.28. The molecule has 0 atom stereocenters. The lowest BCUT2D eigenvalue weighted by molar-refractivity contribution is 0.165. The fraction of sp³-hybridized carbons (Fsp3) is 0.500. The zero-order valence-corrected chi connectivity index (χ0v) is 9.50. The van der Waals surface area contributed by atoms with Crippen molar-refractivity contribution in [1.82, 2.24) is 0 Å². The summed E-state index contributed by atoms with van der Waals surface area (Å²) in [5, 5.41) is 9.14. The SMILES string of the molecule is CN(CC(C)(C)CO)c1ccccc1F. The van der Waals surface area contributed by atoms with Gasteiger partial charge in [0.05, 0.1) is 5.69 Å². The van der Waals surface area contributed by atoms with Crippen LogP contribution in [0.3, 0.4) is 0 Å². The highest BCUT2D eigenvalue weighted by atomic mass is 19.1. The Hall–Kier alpha value is -1.09. The summed E-state index contributed by atoms with van der Waals surface area (Å²) in [5.74, 6) is -0.228. The molecular weight excluding hydrogens is 193 g/mol. The number of aliphatic hydroxyl groups excluding tert-OH is 1. The van der Waals surface area contributed by atoms with Crippen LogP contribution in [0.15, 0.2) is 24.3 Å². The van der Waals surface area contributed by atoms with E-state index in [1.54, 1.807) is 18.2 Å². The van der Waals surface area contributed by atoms with Gasteiger partial charge in [-0.15, -0.1) is 0 Å². The van der Waals surface area contributed by atoms with E-state index in [0.717, 1.165) is 0 Å². The van der Waals surface area contributed by atoms with E-state index < -0.39 is 0 Å². The van der Waals surface area contributed by atoms with Crippen molar-refractivity contribution in [3.05, 3.63) is 30.1 Å². The van der Waals surface area contributed by atoms with Gasteiger partial charge in [-0.3, -0.25) is 0 Å². The predicted molar refractivity (Wildman–Crippen MR) is 60.5 cm³/mol. The van der Waals surface area contributed by atoms with Crippen LogP contribution in [-0.2, 0) is 0 Å². The first kappa shape index (κ1) is 12.0. The number of nitrogens with zero attached hydrogens (tertiary/aromatic N) is 1. The molecule has 1 rings (SSSR count). The maximum absolute atomic E-state index is 13.4. The van der Waals surface area contributed by atoms with Crippen molar-refractivity contribution < 1.29 is 9.50 Å². The molecule has 0 heterocycles. The molecule has 0 aromatic heterocycles. The highest BCUT2D eigenvalue weighted by molar-refractivity contribution is 5.46. The van der Waals surface area contributed by atoms with E-state index >= 15 is 0 Å². The Bertz CT molecular complexity index is 325. The van der Waals surface area contributed by atoms with Gasteiger partial charge in [0.15, 0.2) is 0 Å². The van der Waals surface area contributed by atoms with Gasteiger partial charge < -0.3 is 10.0 Å². The summed E-state index contributed by atoms with van der Waals surface area (Å²) in [6, 6.07) is 6.66. The number of benzene rings is 1. The molecule has 1 N–H and O–H groups in total. The zero-order chi connectivity index (χ0) is 11.5. The summed E-state index contributed by atoms with van der Waals surface area (Å²) >= 11 is 0. The number of aliphatic hydroxyl groups is 1. The van der Waals surface area contributed by atoms with Crippen LogP contribution in [0.1, 0.15) is 13.8 Å². The molecule has 0 aliphatic rings. The molecule has 0 saturated heterocycles. The van der Waals surface area contributed by atoms with Crippen LogP contribution in [0.4, 0.5) is 10.1 Å². The number of hydrogen-bond donors (Lipinski definition) is 1. The van der Waals surface area contributed by atoms with Crippen LogP contribution in [0, 0.1) is 11.2 Å². The molecule has 0 radical (unpaired) electrons. The van der Waals surface area contributed by atoms with E-state index in [-0.39, 0.29) is 17.8 Å². The lowest BCUT2D eigenvalue weighted by Crippen LogP contribution is -2.34. The smallest absolute Gasteiger partial charge is 0.146 e. The van der Waals surface area contributed by atoms with E-state index in [0.29, 0.717) is 12.2 Å². The molecule has 0 aliphatic heterocycles. The first-order valence-electron chi connectivity index (χ1n) is 5.03. The van der Waals surface area contributed by atoms with Crippen molar-refractivity contribution in [3.63, 3.8) is 0 Å². The van der Waals surface area contributed by atoms with E-state index in [2.05, 4.69) is 0 Å². The van der Waals surface area contributed by atoms with Crippen molar-refractivity contribution in [3.8, 4) is 0 Å². The molecule has 0 fully saturated rings. The average molecular weight is 211 g/mol. The minimum absolute atomic E-state index is 0.0891. The van der Waals surface area contributed by atoms with Crippen molar-refractivity contribution >= 4 is 5.69 Å². The van der Waals surface area contributed by atoms with Gasteiger partial charge in [-0.25, -0.2) is 4.39 Å². The van der Waals surface area contributed by atoms with E-state index in [1.165, 1.54) is 6.07 Å². The number of halogens is 1. The first-order valence-corrected chi connectivity index (χ1v) is 5.03. The van der Waals surface area contributed by atoms with Crippen LogP contribution in [0.25, 0.3) is 0 Å². The molecule has 15 heavy (non-hydrogen) atoms. The van der Waals surface area contributed by atoms with E-state index in [1.807, 2.05) is 25.8 Å². The van der Waals surface area contributed by atoms with Crippen LogP contribution >= 0.6 is 0 Å². The molecular formula is C12H18FNO. The fourth-order valence-corrected chi connectivity index (χ4v) is 1.54. The van der Waals surface area contributed by atoms with Crippen molar-refractivity contribution in [2.75, 3.05) is 25.1 Å². The summed E-state index contributed by atoms with van der Waals surface area (Å²) < 4.78 is 13.4. The number of rotatable bonds is 4. The minimum atomic E-state index is -0.228. The quantitative estimate of drug-likeness (QED) is 0.826. The van der Waals surface area contributed by atoms with Gasteiger partial charge in [0.2, 0.25) is 0 Å². The Morgan fingerprint density at radius 3 is 2.47 bits per heavy atom. The maximum Gasteiger partial charge on any atom is 0.146 e. The molecule has 0 spiro atoms. The van der Waals surface area contributed by atoms with Crippen molar-refractivity contribution in [2.24, 2.45) is 5.41 Å². The average Bonchev–Trinajstić information content (AvgIpc) is 2.17.